The minimum Gasteiger partial charge on any atom is -0.462 e. The van der Waals surface area contributed by atoms with E-state index in [4.69, 9.17) is 9.47 Å². The lowest BCUT2D eigenvalue weighted by Gasteiger charge is -2.37. The molecule has 0 radical (unpaired) electrons. The van der Waals surface area contributed by atoms with Gasteiger partial charge in [-0.1, -0.05) is 41.5 Å². The molecule has 2 aliphatic carbocycles. The van der Waals surface area contributed by atoms with Gasteiger partial charge in [0.2, 0.25) is 0 Å². The van der Waals surface area contributed by atoms with Crippen LogP contribution >= 0.6 is 0 Å². The minimum atomic E-state index is -0.332. The Hall–Kier alpha value is -1.06. The first-order valence-corrected chi connectivity index (χ1v) is 13.6. The van der Waals surface area contributed by atoms with Crippen LogP contribution in [0.5, 0.6) is 0 Å². The molecule has 0 saturated heterocycles. The topological polar surface area (TPSA) is 52.6 Å². The second-order valence-electron chi connectivity index (χ2n) is 12.9. The van der Waals surface area contributed by atoms with Crippen LogP contribution in [0.3, 0.4) is 0 Å². The maximum Gasteiger partial charge on any atom is 0.312 e. The third-order valence-corrected chi connectivity index (χ3v) is 8.51. The summed E-state index contributed by atoms with van der Waals surface area (Å²) in [6.45, 7) is 21.0. The van der Waals surface area contributed by atoms with Crippen molar-refractivity contribution in [2.24, 2.45) is 22.2 Å². The quantitative estimate of drug-likeness (QED) is 0.354. The average molecular weight is 467 g/mol. The van der Waals surface area contributed by atoms with Crippen LogP contribution in [-0.2, 0) is 19.1 Å². The van der Waals surface area contributed by atoms with Crippen LogP contribution < -0.4 is 0 Å². The Balaban J connectivity index is 0.000000335. The van der Waals surface area contributed by atoms with Crippen molar-refractivity contribution >= 4 is 11.9 Å². The van der Waals surface area contributed by atoms with E-state index in [0.717, 1.165) is 50.9 Å². The molecule has 0 aromatic heterocycles. The standard InChI is InChI=1S/C16H30O2.C13H24O2/c1-7-16(5,6)14(17)18-13-10-8-12(9-11-13)15(2,3)4;1-5-12(3,4)11(14)15-13(6-2)9-7-8-10-13/h12-13H,7-11H2,1-6H3;5-10H2,1-4H3. The van der Waals surface area contributed by atoms with Crippen LogP contribution in [0.15, 0.2) is 0 Å². The molecule has 4 nitrogen and oxygen atoms in total. The van der Waals surface area contributed by atoms with Crippen molar-refractivity contribution in [1.82, 2.24) is 0 Å². The predicted octanol–water partition coefficient (Wildman–Crippen LogP) is 8.26. The molecule has 0 aromatic carbocycles. The fourth-order valence-electron chi connectivity index (χ4n) is 4.53. The van der Waals surface area contributed by atoms with Crippen LogP contribution in [0.25, 0.3) is 0 Å². The van der Waals surface area contributed by atoms with Crippen LogP contribution in [-0.4, -0.2) is 23.6 Å². The Morgan fingerprint density at radius 3 is 1.61 bits per heavy atom. The number of ether oxygens (including phenoxy) is 2. The molecule has 2 saturated carbocycles. The Morgan fingerprint density at radius 1 is 0.758 bits per heavy atom. The van der Waals surface area contributed by atoms with Gasteiger partial charge in [0.25, 0.3) is 0 Å². The summed E-state index contributed by atoms with van der Waals surface area (Å²) in [5.74, 6) is 0.726. The van der Waals surface area contributed by atoms with Gasteiger partial charge < -0.3 is 9.47 Å². The van der Waals surface area contributed by atoms with E-state index in [1.54, 1.807) is 0 Å². The first-order valence-electron chi connectivity index (χ1n) is 13.6. The van der Waals surface area contributed by atoms with Crippen molar-refractivity contribution in [3.05, 3.63) is 0 Å². The molecule has 0 aliphatic heterocycles. The highest BCUT2D eigenvalue weighted by molar-refractivity contribution is 5.76. The smallest absolute Gasteiger partial charge is 0.312 e. The van der Waals surface area contributed by atoms with E-state index >= 15 is 0 Å². The van der Waals surface area contributed by atoms with Crippen molar-refractivity contribution in [1.29, 1.82) is 0 Å². The highest BCUT2D eigenvalue weighted by atomic mass is 16.6. The van der Waals surface area contributed by atoms with E-state index in [1.807, 2.05) is 41.5 Å². The van der Waals surface area contributed by atoms with Crippen molar-refractivity contribution in [2.45, 2.75) is 152 Å². The number of carbonyl (C=O) groups is 2. The van der Waals surface area contributed by atoms with Crippen molar-refractivity contribution in [2.75, 3.05) is 0 Å². The Kier molecular flexibility index (Phi) is 11.0. The van der Waals surface area contributed by atoms with E-state index in [2.05, 4.69) is 27.7 Å². The number of rotatable bonds is 7. The van der Waals surface area contributed by atoms with Crippen molar-refractivity contribution in [3.63, 3.8) is 0 Å². The molecule has 0 bridgehead atoms. The zero-order valence-electron chi connectivity index (χ0n) is 23.6. The molecule has 33 heavy (non-hydrogen) atoms. The molecule has 0 spiro atoms. The molecule has 2 aliphatic rings. The molecule has 0 N–H and O–H groups in total. The third-order valence-electron chi connectivity index (χ3n) is 8.51. The molecule has 0 atom stereocenters. The molecule has 194 valence electrons. The summed E-state index contributed by atoms with van der Waals surface area (Å²) in [7, 11) is 0. The normalized spacial score (nSPS) is 23.3. The number of esters is 2. The molecule has 0 unspecified atom stereocenters. The van der Waals surface area contributed by atoms with E-state index < -0.39 is 0 Å². The zero-order chi connectivity index (χ0) is 25.5. The molecule has 0 aromatic rings. The first-order chi connectivity index (χ1) is 15.1. The van der Waals surface area contributed by atoms with E-state index in [0.29, 0.717) is 5.41 Å². The van der Waals surface area contributed by atoms with Crippen LogP contribution in [0.2, 0.25) is 0 Å². The van der Waals surface area contributed by atoms with Gasteiger partial charge in [0.15, 0.2) is 0 Å². The SMILES string of the molecule is CCC(C)(C)C(=O)OC1CCC(C(C)(C)C)CC1.CCC1(OC(=O)C(C)(C)CC)CCCC1. The summed E-state index contributed by atoms with van der Waals surface area (Å²) in [4.78, 5) is 24.0. The van der Waals surface area contributed by atoms with Crippen molar-refractivity contribution < 1.29 is 19.1 Å². The van der Waals surface area contributed by atoms with E-state index in [1.165, 1.54) is 25.7 Å². The lowest BCUT2D eigenvalue weighted by atomic mass is 9.72. The summed E-state index contributed by atoms with van der Waals surface area (Å²) in [6, 6.07) is 0. The van der Waals surface area contributed by atoms with Crippen LogP contribution in [0.4, 0.5) is 0 Å². The monoisotopic (exact) mass is 466 g/mol. The fraction of sp³-hybridized carbons (Fsp3) is 0.931. The second kappa shape index (κ2) is 12.1. The molecule has 2 fully saturated rings. The van der Waals surface area contributed by atoms with Gasteiger partial charge in [0, 0.05) is 0 Å². The van der Waals surface area contributed by atoms with E-state index in [-0.39, 0.29) is 34.5 Å². The van der Waals surface area contributed by atoms with Crippen LogP contribution in [0.1, 0.15) is 140 Å². The number of carbonyl (C=O) groups excluding carboxylic acids is 2. The third kappa shape index (κ3) is 8.91. The predicted molar refractivity (Wildman–Crippen MR) is 137 cm³/mol. The second-order valence-corrected chi connectivity index (χ2v) is 12.9. The van der Waals surface area contributed by atoms with Gasteiger partial charge >= 0.3 is 11.9 Å². The summed E-state index contributed by atoms with van der Waals surface area (Å²) in [5, 5.41) is 0. The van der Waals surface area contributed by atoms with E-state index in [9.17, 15) is 9.59 Å². The van der Waals surface area contributed by atoms with Gasteiger partial charge in [-0.3, -0.25) is 9.59 Å². The van der Waals surface area contributed by atoms with Gasteiger partial charge in [-0.15, -0.1) is 0 Å². The fourth-order valence-corrected chi connectivity index (χ4v) is 4.53. The lowest BCUT2D eigenvalue weighted by molar-refractivity contribution is -0.170. The van der Waals surface area contributed by atoms with Crippen LogP contribution in [0, 0.1) is 22.2 Å². The molecular weight excluding hydrogens is 412 g/mol. The Bertz CT molecular complexity index is 612. The maximum absolute atomic E-state index is 12.0. The molecule has 4 heteroatoms. The van der Waals surface area contributed by atoms with Crippen molar-refractivity contribution in [3.8, 4) is 0 Å². The summed E-state index contributed by atoms with van der Waals surface area (Å²) in [6.07, 6.45) is 11.7. The van der Waals surface area contributed by atoms with Gasteiger partial charge in [-0.25, -0.2) is 0 Å². The van der Waals surface area contributed by atoms with Gasteiger partial charge in [0.05, 0.1) is 10.8 Å². The largest absolute Gasteiger partial charge is 0.462 e. The summed E-state index contributed by atoms with van der Waals surface area (Å²) < 4.78 is 11.4. The Morgan fingerprint density at radius 2 is 1.21 bits per heavy atom. The summed E-state index contributed by atoms with van der Waals surface area (Å²) >= 11 is 0. The zero-order valence-corrected chi connectivity index (χ0v) is 23.6. The molecular formula is C29H54O4. The highest BCUT2D eigenvalue weighted by Crippen LogP contribution is 2.39. The molecule has 0 amide bonds. The Labute approximate surface area is 205 Å². The number of hydrogen-bond acceptors (Lipinski definition) is 4. The first kappa shape index (κ1) is 30.0. The summed E-state index contributed by atoms with van der Waals surface area (Å²) in [5.41, 5.74) is -0.410. The van der Waals surface area contributed by atoms with Gasteiger partial charge in [-0.05, 0) is 110 Å². The minimum absolute atomic E-state index is 0.0197. The van der Waals surface area contributed by atoms with Gasteiger partial charge in [-0.2, -0.15) is 0 Å². The maximum atomic E-state index is 12.0. The molecule has 0 heterocycles. The van der Waals surface area contributed by atoms with Gasteiger partial charge in [0.1, 0.15) is 11.7 Å². The molecule has 2 rings (SSSR count). The lowest BCUT2D eigenvalue weighted by Crippen LogP contribution is -2.37. The number of hydrogen-bond donors (Lipinski definition) is 0. The highest BCUT2D eigenvalue weighted by Gasteiger charge is 2.39. The average Bonchev–Trinajstić information content (AvgIpc) is 3.22.